The Morgan fingerprint density at radius 1 is 1.57 bits per heavy atom. The van der Waals surface area contributed by atoms with Crippen molar-refractivity contribution in [1.29, 1.82) is 0 Å². The van der Waals surface area contributed by atoms with Crippen LogP contribution in [0.3, 0.4) is 0 Å². The summed E-state index contributed by atoms with van der Waals surface area (Å²) in [5, 5.41) is 17.9. The molecule has 0 saturated carbocycles. The average molecular weight is 359 g/mol. The third kappa shape index (κ3) is 3.76. The van der Waals surface area contributed by atoms with Crippen molar-refractivity contribution in [3.8, 4) is 0 Å². The molecule has 7 nitrogen and oxygen atoms in total. The number of aromatic nitrogens is 2. The number of benzene rings is 1. The number of nitro groups is 1. The summed E-state index contributed by atoms with van der Waals surface area (Å²) in [7, 11) is 1.59. The number of nitrogens with one attached hydrogen (secondary N) is 1. The third-order valence-corrected chi connectivity index (χ3v) is 3.28. The molecule has 9 heteroatoms. The van der Waals surface area contributed by atoms with Gasteiger partial charge in [0.05, 0.1) is 40.5 Å². The van der Waals surface area contributed by atoms with Gasteiger partial charge in [-0.05, 0) is 22.0 Å². The van der Waals surface area contributed by atoms with Gasteiger partial charge >= 0.3 is 0 Å². The first-order valence-electron chi connectivity index (χ1n) is 5.93. The number of nitro benzene ring substituents is 1. The van der Waals surface area contributed by atoms with E-state index in [2.05, 4.69) is 26.3 Å². The molecule has 1 aromatic carbocycles. The van der Waals surface area contributed by atoms with Crippen LogP contribution in [-0.2, 0) is 11.3 Å². The first kappa shape index (κ1) is 15.4. The molecular formula is C12H12BrFN4O3. The van der Waals surface area contributed by atoms with E-state index in [1.54, 1.807) is 18.0 Å². The maximum Gasteiger partial charge on any atom is 0.295 e. The monoisotopic (exact) mass is 358 g/mol. The number of nitrogens with zero attached hydrogens (tertiary/aromatic N) is 3. The molecule has 0 unspecified atom stereocenters. The van der Waals surface area contributed by atoms with Gasteiger partial charge in [0.15, 0.2) is 0 Å². The molecule has 0 saturated heterocycles. The highest BCUT2D eigenvalue weighted by Crippen LogP contribution is 2.32. The van der Waals surface area contributed by atoms with Crippen LogP contribution in [0.5, 0.6) is 0 Å². The van der Waals surface area contributed by atoms with Gasteiger partial charge < -0.3 is 10.1 Å². The minimum absolute atomic E-state index is 0.141. The molecule has 2 aromatic rings. The molecule has 0 fully saturated rings. The van der Waals surface area contributed by atoms with E-state index >= 15 is 0 Å². The van der Waals surface area contributed by atoms with Gasteiger partial charge in [0.1, 0.15) is 11.5 Å². The van der Waals surface area contributed by atoms with E-state index in [1.807, 2.05) is 0 Å². The molecule has 1 aromatic heterocycles. The summed E-state index contributed by atoms with van der Waals surface area (Å²) in [6.45, 7) is 1.07. The van der Waals surface area contributed by atoms with Crippen LogP contribution in [-0.4, -0.2) is 28.4 Å². The lowest BCUT2D eigenvalue weighted by Gasteiger charge is -2.06. The maximum absolute atomic E-state index is 13.4. The SMILES string of the molecule is COCCn1cc(Nc2cc(Br)c(F)cc2[N+](=O)[O-])cn1. The van der Waals surface area contributed by atoms with Gasteiger partial charge in [-0.3, -0.25) is 14.8 Å². The van der Waals surface area contributed by atoms with Gasteiger partial charge in [-0.2, -0.15) is 5.10 Å². The van der Waals surface area contributed by atoms with Crippen LogP contribution in [0.1, 0.15) is 0 Å². The first-order chi connectivity index (χ1) is 10.0. The summed E-state index contributed by atoms with van der Waals surface area (Å²) in [6.07, 6.45) is 3.21. The van der Waals surface area contributed by atoms with Gasteiger partial charge in [-0.1, -0.05) is 0 Å². The molecule has 0 aliphatic rings. The molecule has 0 bridgehead atoms. The normalized spacial score (nSPS) is 10.6. The Balaban J connectivity index is 2.24. The van der Waals surface area contributed by atoms with E-state index in [4.69, 9.17) is 4.74 Å². The van der Waals surface area contributed by atoms with Crippen LogP contribution in [0.4, 0.5) is 21.5 Å². The first-order valence-corrected chi connectivity index (χ1v) is 6.72. The van der Waals surface area contributed by atoms with Crippen molar-refractivity contribution < 1.29 is 14.1 Å². The Morgan fingerprint density at radius 3 is 3.00 bits per heavy atom. The highest BCUT2D eigenvalue weighted by atomic mass is 79.9. The molecule has 0 aliphatic carbocycles. The summed E-state index contributed by atoms with van der Waals surface area (Å²) in [5.74, 6) is -0.692. The number of anilines is 2. The number of hydrogen-bond acceptors (Lipinski definition) is 5. The number of hydrogen-bond donors (Lipinski definition) is 1. The van der Waals surface area contributed by atoms with Crippen molar-refractivity contribution in [3.05, 3.63) is 44.9 Å². The lowest BCUT2D eigenvalue weighted by atomic mass is 10.2. The largest absolute Gasteiger partial charge is 0.383 e. The molecule has 1 heterocycles. The summed E-state index contributed by atoms with van der Waals surface area (Å²) in [6, 6.07) is 2.18. The second kappa shape index (κ2) is 6.64. The minimum Gasteiger partial charge on any atom is -0.383 e. The summed E-state index contributed by atoms with van der Waals surface area (Å²) in [5.41, 5.74) is 0.396. The Labute approximate surface area is 128 Å². The number of halogens is 2. The molecule has 2 rings (SSSR count). The predicted octanol–water partition coefficient (Wildman–Crippen LogP) is 3.08. The second-order valence-corrected chi connectivity index (χ2v) is 5.00. The molecule has 21 heavy (non-hydrogen) atoms. The van der Waals surface area contributed by atoms with Crippen molar-refractivity contribution in [3.63, 3.8) is 0 Å². The van der Waals surface area contributed by atoms with Crippen LogP contribution < -0.4 is 5.32 Å². The number of methoxy groups -OCH3 is 1. The molecule has 0 atom stereocenters. The maximum atomic E-state index is 13.4. The van der Waals surface area contributed by atoms with Crippen molar-refractivity contribution >= 4 is 33.0 Å². The van der Waals surface area contributed by atoms with E-state index in [0.717, 1.165) is 6.07 Å². The average Bonchev–Trinajstić information content (AvgIpc) is 2.87. The lowest BCUT2D eigenvalue weighted by molar-refractivity contribution is -0.384. The number of ether oxygens (including phenoxy) is 1. The van der Waals surface area contributed by atoms with Gasteiger partial charge in [0.2, 0.25) is 0 Å². The molecule has 1 N–H and O–H groups in total. The smallest absolute Gasteiger partial charge is 0.295 e. The van der Waals surface area contributed by atoms with E-state index in [9.17, 15) is 14.5 Å². The van der Waals surface area contributed by atoms with Gasteiger partial charge in [-0.25, -0.2) is 4.39 Å². The Hall–Kier alpha value is -2.00. The Bertz CT molecular complexity index is 662. The van der Waals surface area contributed by atoms with E-state index in [-0.39, 0.29) is 15.8 Å². The Morgan fingerprint density at radius 2 is 2.33 bits per heavy atom. The van der Waals surface area contributed by atoms with Crippen molar-refractivity contribution in [1.82, 2.24) is 9.78 Å². The molecular weight excluding hydrogens is 347 g/mol. The highest BCUT2D eigenvalue weighted by molar-refractivity contribution is 9.10. The highest BCUT2D eigenvalue weighted by Gasteiger charge is 2.18. The fraction of sp³-hybridized carbons (Fsp3) is 0.250. The van der Waals surface area contributed by atoms with Gasteiger partial charge in [0.25, 0.3) is 5.69 Å². The van der Waals surface area contributed by atoms with Gasteiger partial charge in [-0.15, -0.1) is 0 Å². The van der Waals surface area contributed by atoms with E-state index in [1.165, 1.54) is 12.3 Å². The molecule has 112 valence electrons. The summed E-state index contributed by atoms with van der Waals surface area (Å²) < 4.78 is 20.1. The van der Waals surface area contributed by atoms with Gasteiger partial charge in [0, 0.05) is 13.3 Å². The second-order valence-electron chi connectivity index (χ2n) is 4.15. The molecule has 0 amide bonds. The summed E-state index contributed by atoms with van der Waals surface area (Å²) >= 11 is 3.01. The fourth-order valence-electron chi connectivity index (χ4n) is 1.68. The standard InChI is InChI=1S/C12H12BrFN4O3/c1-21-3-2-17-7-8(6-15-17)16-11-4-9(13)10(14)5-12(11)18(19)20/h4-7,16H,2-3H2,1H3. The van der Waals surface area contributed by atoms with Crippen LogP contribution in [0.25, 0.3) is 0 Å². The van der Waals surface area contributed by atoms with E-state index in [0.29, 0.717) is 18.8 Å². The zero-order valence-electron chi connectivity index (χ0n) is 11.0. The lowest BCUT2D eigenvalue weighted by Crippen LogP contribution is -2.04. The van der Waals surface area contributed by atoms with Crippen molar-refractivity contribution in [2.45, 2.75) is 6.54 Å². The quantitative estimate of drug-likeness (QED) is 0.633. The molecule has 0 spiro atoms. The van der Waals surface area contributed by atoms with Crippen LogP contribution in [0, 0.1) is 15.9 Å². The third-order valence-electron chi connectivity index (χ3n) is 2.67. The van der Waals surface area contributed by atoms with Crippen LogP contribution >= 0.6 is 15.9 Å². The van der Waals surface area contributed by atoms with Crippen molar-refractivity contribution in [2.24, 2.45) is 0 Å². The Kier molecular flexibility index (Phi) is 4.86. The fourth-order valence-corrected chi connectivity index (χ4v) is 2.02. The zero-order valence-corrected chi connectivity index (χ0v) is 12.6. The molecule has 0 aliphatic heterocycles. The molecule has 0 radical (unpaired) electrons. The zero-order chi connectivity index (χ0) is 15.4. The minimum atomic E-state index is -0.692. The summed E-state index contributed by atoms with van der Waals surface area (Å²) in [4.78, 5) is 10.3. The topological polar surface area (TPSA) is 82.2 Å². The number of rotatable bonds is 6. The van der Waals surface area contributed by atoms with E-state index < -0.39 is 10.7 Å². The van der Waals surface area contributed by atoms with Crippen LogP contribution in [0.15, 0.2) is 29.0 Å². The predicted molar refractivity (Wildman–Crippen MR) is 78.1 cm³/mol. The van der Waals surface area contributed by atoms with Crippen LogP contribution in [0.2, 0.25) is 0 Å². The van der Waals surface area contributed by atoms with Crippen molar-refractivity contribution in [2.75, 3.05) is 19.0 Å².